The van der Waals surface area contributed by atoms with Gasteiger partial charge in [-0.1, -0.05) is 6.07 Å². The van der Waals surface area contributed by atoms with E-state index in [1.165, 1.54) is 22.3 Å². The molecule has 3 rings (SSSR count). The third kappa shape index (κ3) is 3.94. The van der Waals surface area contributed by atoms with Crippen LogP contribution >= 0.6 is 27.3 Å². The molecule has 1 aliphatic rings. The second-order valence-corrected chi connectivity index (χ2v) is 7.70. The summed E-state index contributed by atoms with van der Waals surface area (Å²) in [7, 11) is 1.61. The number of amides is 1. The van der Waals surface area contributed by atoms with Crippen molar-refractivity contribution in [2.75, 3.05) is 12.4 Å². The van der Waals surface area contributed by atoms with Gasteiger partial charge in [-0.3, -0.25) is 4.79 Å². The number of nitrogens with one attached hydrogen (secondary N) is 1. The largest absolute Gasteiger partial charge is 0.496 e. The summed E-state index contributed by atoms with van der Waals surface area (Å²) < 4.78 is 6.02. The Balaban J connectivity index is 1.74. The van der Waals surface area contributed by atoms with E-state index in [-0.39, 0.29) is 5.91 Å². The molecule has 0 saturated carbocycles. The zero-order chi connectivity index (χ0) is 17.8. The first kappa shape index (κ1) is 17.7. The van der Waals surface area contributed by atoms with Gasteiger partial charge in [-0.15, -0.1) is 11.3 Å². The van der Waals surface area contributed by atoms with Gasteiger partial charge in [0.1, 0.15) is 16.8 Å². The third-order valence-electron chi connectivity index (χ3n) is 4.12. The number of thiophene rings is 1. The van der Waals surface area contributed by atoms with E-state index in [0.29, 0.717) is 10.6 Å². The van der Waals surface area contributed by atoms with Gasteiger partial charge in [-0.05, 0) is 70.9 Å². The van der Waals surface area contributed by atoms with E-state index >= 15 is 0 Å². The average Bonchev–Trinajstić information content (AvgIpc) is 2.97. The predicted molar refractivity (Wildman–Crippen MR) is 104 cm³/mol. The quantitative estimate of drug-likeness (QED) is 0.719. The summed E-state index contributed by atoms with van der Waals surface area (Å²) in [6.45, 7) is 0. The fourth-order valence-electron chi connectivity index (χ4n) is 2.88. The molecule has 1 aromatic heterocycles. The first-order valence-electron chi connectivity index (χ1n) is 7.99. The summed E-state index contributed by atoms with van der Waals surface area (Å²) in [5, 5.41) is 13.0. The number of nitriles is 1. The number of ether oxygens (including phenoxy) is 1. The van der Waals surface area contributed by atoms with Crippen molar-refractivity contribution < 1.29 is 9.53 Å². The average molecular weight is 417 g/mol. The molecule has 0 unspecified atom stereocenters. The molecule has 1 amide bonds. The van der Waals surface area contributed by atoms with E-state index in [2.05, 4.69) is 27.3 Å². The van der Waals surface area contributed by atoms with Crippen LogP contribution in [0, 0.1) is 11.3 Å². The zero-order valence-electron chi connectivity index (χ0n) is 13.8. The number of rotatable bonds is 4. The Morgan fingerprint density at radius 2 is 2.20 bits per heavy atom. The van der Waals surface area contributed by atoms with Crippen LogP contribution in [-0.2, 0) is 17.6 Å². The number of halogens is 1. The van der Waals surface area contributed by atoms with E-state index in [1.54, 1.807) is 13.2 Å². The molecule has 25 heavy (non-hydrogen) atoms. The van der Waals surface area contributed by atoms with Gasteiger partial charge in [-0.25, -0.2) is 0 Å². The molecule has 0 aliphatic heterocycles. The minimum absolute atomic E-state index is 0.234. The molecule has 0 bridgehead atoms. The highest BCUT2D eigenvalue weighted by atomic mass is 79.9. The zero-order valence-corrected chi connectivity index (χ0v) is 16.2. The minimum atomic E-state index is -0.234. The molecule has 0 atom stereocenters. The highest BCUT2D eigenvalue weighted by Gasteiger charge is 2.21. The van der Waals surface area contributed by atoms with Gasteiger partial charge < -0.3 is 10.1 Å². The Hall–Kier alpha value is -2.10. The van der Waals surface area contributed by atoms with Gasteiger partial charge in [0.05, 0.1) is 17.1 Å². The van der Waals surface area contributed by atoms with Crippen LogP contribution in [-0.4, -0.2) is 13.0 Å². The second-order valence-electron chi connectivity index (χ2n) is 5.74. The maximum atomic E-state index is 12.2. The molecule has 0 saturated heterocycles. The van der Waals surface area contributed by atoms with Crippen molar-refractivity contribution in [1.29, 1.82) is 5.26 Å². The molecular weight excluding hydrogens is 400 g/mol. The van der Waals surface area contributed by atoms with Crippen LogP contribution in [0.15, 0.2) is 28.7 Å². The standard InChI is InChI=1S/C19H17BrN2O2S/c1-24-16-8-6-12(10-15(16)20)7-9-18(23)22-19-14(11-21)13-4-2-3-5-17(13)25-19/h6-10H,2-5H2,1H3,(H,22,23)/b9-7+. The number of hydrogen-bond donors (Lipinski definition) is 1. The van der Waals surface area contributed by atoms with Crippen molar-refractivity contribution in [2.45, 2.75) is 25.7 Å². The molecular formula is C19H17BrN2O2S. The van der Waals surface area contributed by atoms with Crippen molar-refractivity contribution in [3.63, 3.8) is 0 Å². The minimum Gasteiger partial charge on any atom is -0.496 e. The summed E-state index contributed by atoms with van der Waals surface area (Å²) in [5.41, 5.74) is 2.64. The summed E-state index contributed by atoms with van der Waals surface area (Å²) in [5.74, 6) is 0.506. The van der Waals surface area contributed by atoms with Crippen LogP contribution in [0.5, 0.6) is 5.75 Å². The van der Waals surface area contributed by atoms with Gasteiger partial charge >= 0.3 is 0 Å². The molecule has 0 spiro atoms. The van der Waals surface area contributed by atoms with E-state index in [4.69, 9.17) is 4.74 Å². The molecule has 6 heteroatoms. The van der Waals surface area contributed by atoms with Crippen LogP contribution in [0.3, 0.4) is 0 Å². The maximum Gasteiger partial charge on any atom is 0.249 e. The maximum absolute atomic E-state index is 12.2. The SMILES string of the molecule is COc1ccc(/C=C/C(=O)Nc2sc3c(c2C#N)CCCC3)cc1Br. The van der Waals surface area contributed by atoms with E-state index in [9.17, 15) is 10.1 Å². The van der Waals surface area contributed by atoms with Crippen molar-refractivity contribution in [2.24, 2.45) is 0 Å². The topological polar surface area (TPSA) is 62.1 Å². The van der Waals surface area contributed by atoms with Crippen LogP contribution in [0.1, 0.15) is 34.4 Å². The monoisotopic (exact) mass is 416 g/mol. The Morgan fingerprint density at radius 3 is 2.92 bits per heavy atom. The van der Waals surface area contributed by atoms with Gasteiger partial charge in [0.15, 0.2) is 0 Å². The van der Waals surface area contributed by atoms with E-state index in [0.717, 1.165) is 47.0 Å². The number of anilines is 1. The molecule has 1 N–H and O–H groups in total. The Labute approximate surface area is 159 Å². The molecule has 4 nitrogen and oxygen atoms in total. The predicted octanol–water partition coefficient (Wildman–Crippen LogP) is 4.92. The lowest BCUT2D eigenvalue weighted by molar-refractivity contribution is -0.111. The molecule has 128 valence electrons. The van der Waals surface area contributed by atoms with Crippen LogP contribution in [0.25, 0.3) is 6.08 Å². The van der Waals surface area contributed by atoms with Gasteiger partial charge in [0.2, 0.25) is 5.91 Å². The summed E-state index contributed by atoms with van der Waals surface area (Å²) >= 11 is 4.96. The van der Waals surface area contributed by atoms with Crippen LogP contribution in [0.4, 0.5) is 5.00 Å². The molecule has 1 aliphatic carbocycles. The van der Waals surface area contributed by atoms with Crippen LogP contribution in [0.2, 0.25) is 0 Å². The van der Waals surface area contributed by atoms with Crippen molar-refractivity contribution in [1.82, 2.24) is 0 Å². The Morgan fingerprint density at radius 1 is 1.40 bits per heavy atom. The fourth-order valence-corrected chi connectivity index (χ4v) is 4.69. The first-order chi connectivity index (χ1) is 12.1. The van der Waals surface area contributed by atoms with Gasteiger partial charge in [0, 0.05) is 11.0 Å². The fraction of sp³-hybridized carbons (Fsp3) is 0.263. The summed E-state index contributed by atoms with van der Waals surface area (Å²) in [6.07, 6.45) is 7.41. The highest BCUT2D eigenvalue weighted by Crippen LogP contribution is 2.37. The van der Waals surface area contributed by atoms with E-state index in [1.807, 2.05) is 18.2 Å². The number of methoxy groups -OCH3 is 1. The number of hydrogen-bond acceptors (Lipinski definition) is 4. The molecule has 0 radical (unpaired) electrons. The molecule has 1 heterocycles. The summed E-state index contributed by atoms with van der Waals surface area (Å²) in [4.78, 5) is 13.5. The number of fused-ring (bicyclic) bond motifs is 1. The smallest absolute Gasteiger partial charge is 0.249 e. The number of nitrogens with zero attached hydrogens (tertiary/aromatic N) is 1. The second kappa shape index (κ2) is 7.85. The number of aryl methyl sites for hydroxylation is 1. The lowest BCUT2D eigenvalue weighted by atomic mass is 9.96. The van der Waals surface area contributed by atoms with Crippen molar-refractivity contribution in [3.05, 3.63) is 50.3 Å². The lowest BCUT2D eigenvalue weighted by Crippen LogP contribution is -2.07. The van der Waals surface area contributed by atoms with Gasteiger partial charge in [0.25, 0.3) is 0 Å². The lowest BCUT2D eigenvalue weighted by Gasteiger charge is -2.09. The molecule has 2 aromatic rings. The van der Waals surface area contributed by atoms with Gasteiger partial charge in [-0.2, -0.15) is 5.26 Å². The first-order valence-corrected chi connectivity index (χ1v) is 9.60. The number of carbonyl (C=O) groups excluding carboxylic acids is 1. The number of carbonyl (C=O) groups is 1. The summed E-state index contributed by atoms with van der Waals surface area (Å²) in [6, 6.07) is 7.85. The Bertz CT molecular complexity index is 880. The molecule has 0 fully saturated rings. The van der Waals surface area contributed by atoms with Crippen molar-refractivity contribution in [3.8, 4) is 11.8 Å². The number of benzene rings is 1. The Kier molecular flexibility index (Phi) is 5.57. The van der Waals surface area contributed by atoms with Crippen LogP contribution < -0.4 is 10.1 Å². The normalized spacial score (nSPS) is 13.3. The molecule has 1 aromatic carbocycles. The third-order valence-corrected chi connectivity index (χ3v) is 5.95. The van der Waals surface area contributed by atoms with Crippen molar-refractivity contribution >= 4 is 44.3 Å². The van der Waals surface area contributed by atoms with E-state index < -0.39 is 0 Å². The highest BCUT2D eigenvalue weighted by molar-refractivity contribution is 9.10.